The van der Waals surface area contributed by atoms with E-state index in [0.29, 0.717) is 16.3 Å². The second-order valence-corrected chi connectivity index (χ2v) is 14.8. The predicted octanol–water partition coefficient (Wildman–Crippen LogP) is 7.16. The molecule has 1 aliphatic rings. The van der Waals surface area contributed by atoms with E-state index in [1.165, 1.54) is 0 Å². The zero-order chi connectivity index (χ0) is 33.6. The Labute approximate surface area is 283 Å². The van der Waals surface area contributed by atoms with Crippen LogP contribution in [0.3, 0.4) is 0 Å². The SMILES string of the molecule is Cc1ccc(S(=O)(=O)N(CC(=O)N(Cc2cccc(C)c2)C(Cc2ccccc2)C(=O)NC2CCCC2)c2cc(Cl)ccc2C)cc1. The van der Waals surface area contributed by atoms with E-state index < -0.39 is 28.5 Å². The summed E-state index contributed by atoms with van der Waals surface area (Å²) in [5.41, 5.74) is 4.61. The summed E-state index contributed by atoms with van der Waals surface area (Å²) in [6.45, 7) is 5.24. The van der Waals surface area contributed by atoms with Crippen LogP contribution in [0, 0.1) is 20.8 Å². The average molecular weight is 672 g/mol. The Morgan fingerprint density at radius 3 is 2.19 bits per heavy atom. The van der Waals surface area contributed by atoms with Crippen LogP contribution < -0.4 is 9.62 Å². The number of rotatable bonds is 12. The van der Waals surface area contributed by atoms with Gasteiger partial charge in [0.05, 0.1) is 10.6 Å². The van der Waals surface area contributed by atoms with Crippen molar-refractivity contribution in [2.75, 3.05) is 10.8 Å². The quantitative estimate of drug-likeness (QED) is 0.173. The van der Waals surface area contributed by atoms with Gasteiger partial charge in [-0.3, -0.25) is 13.9 Å². The molecular formula is C38H42ClN3O4S. The van der Waals surface area contributed by atoms with Gasteiger partial charge in [-0.15, -0.1) is 0 Å². The summed E-state index contributed by atoms with van der Waals surface area (Å²) < 4.78 is 29.8. The van der Waals surface area contributed by atoms with Crippen molar-refractivity contribution in [2.45, 2.75) is 76.4 Å². The summed E-state index contributed by atoms with van der Waals surface area (Å²) in [5, 5.41) is 3.56. The van der Waals surface area contributed by atoms with Gasteiger partial charge in [0.25, 0.3) is 10.0 Å². The second kappa shape index (κ2) is 15.2. The van der Waals surface area contributed by atoms with Crippen LogP contribution in [-0.2, 0) is 32.6 Å². The number of carbonyl (C=O) groups excluding carboxylic acids is 2. The molecule has 4 aromatic rings. The standard InChI is InChI=1S/C38H42ClN3O4S/c1-27-16-20-34(21-17-27)47(45,46)42(35-24-32(39)19-18-29(35)3)26-37(43)41(25-31-13-9-10-28(2)22-31)36(23-30-11-5-4-6-12-30)38(44)40-33-14-7-8-15-33/h4-6,9-13,16-22,24,33,36H,7-8,14-15,23,25-26H2,1-3H3,(H,40,44). The zero-order valence-corrected chi connectivity index (χ0v) is 28.7. The second-order valence-electron chi connectivity index (χ2n) is 12.5. The minimum Gasteiger partial charge on any atom is -0.352 e. The van der Waals surface area contributed by atoms with Gasteiger partial charge < -0.3 is 10.2 Å². The topological polar surface area (TPSA) is 86.8 Å². The van der Waals surface area contributed by atoms with Crippen molar-refractivity contribution >= 4 is 39.1 Å². The lowest BCUT2D eigenvalue weighted by molar-refractivity contribution is -0.140. The van der Waals surface area contributed by atoms with Gasteiger partial charge >= 0.3 is 0 Å². The number of halogens is 1. The maximum Gasteiger partial charge on any atom is 0.264 e. The Hall–Kier alpha value is -4.14. The monoisotopic (exact) mass is 671 g/mol. The van der Waals surface area contributed by atoms with Crippen molar-refractivity contribution in [3.05, 3.63) is 130 Å². The molecule has 1 aliphatic carbocycles. The number of carbonyl (C=O) groups is 2. The van der Waals surface area contributed by atoms with Crippen molar-refractivity contribution in [1.82, 2.24) is 10.2 Å². The molecule has 1 saturated carbocycles. The van der Waals surface area contributed by atoms with Gasteiger partial charge in [0, 0.05) is 24.0 Å². The number of hydrogen-bond donors (Lipinski definition) is 1. The normalized spacial score (nSPS) is 14.0. The van der Waals surface area contributed by atoms with E-state index in [4.69, 9.17) is 11.6 Å². The van der Waals surface area contributed by atoms with Gasteiger partial charge in [0.15, 0.2) is 0 Å². The zero-order valence-electron chi connectivity index (χ0n) is 27.2. The van der Waals surface area contributed by atoms with Gasteiger partial charge in [-0.25, -0.2) is 8.42 Å². The molecule has 1 atom stereocenters. The molecule has 246 valence electrons. The average Bonchev–Trinajstić information content (AvgIpc) is 3.56. The van der Waals surface area contributed by atoms with Crippen LogP contribution >= 0.6 is 11.6 Å². The number of sulfonamides is 1. The van der Waals surface area contributed by atoms with Crippen LogP contribution in [0.15, 0.2) is 102 Å². The fourth-order valence-corrected chi connectivity index (χ4v) is 7.77. The molecule has 1 unspecified atom stereocenters. The molecule has 4 aromatic carbocycles. The Bertz CT molecular complexity index is 1810. The van der Waals surface area contributed by atoms with E-state index in [9.17, 15) is 18.0 Å². The molecule has 1 N–H and O–H groups in total. The number of benzene rings is 4. The Morgan fingerprint density at radius 1 is 0.830 bits per heavy atom. The number of anilines is 1. The van der Waals surface area contributed by atoms with E-state index >= 15 is 0 Å². The summed E-state index contributed by atoms with van der Waals surface area (Å²) in [5.74, 6) is -0.738. The third-order valence-corrected chi connectivity index (χ3v) is 10.7. The Kier molecular flexibility index (Phi) is 11.0. The van der Waals surface area contributed by atoms with Gasteiger partial charge in [-0.1, -0.05) is 108 Å². The molecule has 7 nitrogen and oxygen atoms in total. The number of hydrogen-bond acceptors (Lipinski definition) is 4. The Morgan fingerprint density at radius 2 is 1.51 bits per heavy atom. The first-order valence-electron chi connectivity index (χ1n) is 16.1. The van der Waals surface area contributed by atoms with E-state index in [1.807, 2.05) is 68.4 Å². The smallest absolute Gasteiger partial charge is 0.264 e. The fourth-order valence-electron chi connectivity index (χ4n) is 6.13. The highest BCUT2D eigenvalue weighted by molar-refractivity contribution is 7.92. The molecule has 2 amide bonds. The van der Waals surface area contributed by atoms with Crippen LogP contribution in [0.1, 0.15) is 53.5 Å². The third kappa shape index (κ3) is 8.62. The minimum atomic E-state index is -4.22. The molecule has 0 saturated heterocycles. The first-order chi connectivity index (χ1) is 22.5. The summed E-state index contributed by atoms with van der Waals surface area (Å²) in [7, 11) is -4.22. The van der Waals surface area contributed by atoms with Crippen molar-refractivity contribution in [3.63, 3.8) is 0 Å². The lowest BCUT2D eigenvalue weighted by atomic mass is 10.0. The van der Waals surface area contributed by atoms with Crippen molar-refractivity contribution in [3.8, 4) is 0 Å². The summed E-state index contributed by atoms with van der Waals surface area (Å²) in [6.07, 6.45) is 4.16. The maximum atomic E-state index is 14.7. The molecule has 0 spiro atoms. The number of aryl methyl sites for hydroxylation is 3. The summed E-state index contributed by atoms with van der Waals surface area (Å²) in [6, 6.07) is 28.1. The number of amides is 2. The Balaban J connectivity index is 1.59. The van der Waals surface area contributed by atoms with Gasteiger partial charge in [0.2, 0.25) is 11.8 Å². The molecule has 9 heteroatoms. The van der Waals surface area contributed by atoms with Crippen molar-refractivity contribution in [1.29, 1.82) is 0 Å². The fraction of sp³-hybridized carbons (Fsp3) is 0.316. The minimum absolute atomic E-state index is 0.0456. The van der Waals surface area contributed by atoms with Gasteiger partial charge in [-0.05, 0) is 74.6 Å². The molecule has 0 aliphatic heterocycles. The third-order valence-electron chi connectivity index (χ3n) is 8.74. The molecule has 5 rings (SSSR count). The first kappa shape index (κ1) is 34.2. The largest absolute Gasteiger partial charge is 0.352 e. The highest BCUT2D eigenvalue weighted by Gasteiger charge is 2.36. The summed E-state index contributed by atoms with van der Waals surface area (Å²) in [4.78, 5) is 30.5. The van der Waals surface area contributed by atoms with Crippen LogP contribution in [0.4, 0.5) is 5.69 Å². The van der Waals surface area contributed by atoms with Crippen LogP contribution in [0.25, 0.3) is 0 Å². The van der Waals surface area contributed by atoms with Crippen LogP contribution in [0.5, 0.6) is 0 Å². The van der Waals surface area contributed by atoms with Crippen molar-refractivity contribution in [2.24, 2.45) is 0 Å². The lowest BCUT2D eigenvalue weighted by Gasteiger charge is -2.34. The highest BCUT2D eigenvalue weighted by atomic mass is 35.5. The van der Waals surface area contributed by atoms with Gasteiger partial charge in [0.1, 0.15) is 12.6 Å². The molecular weight excluding hydrogens is 630 g/mol. The van der Waals surface area contributed by atoms with Crippen LogP contribution in [0.2, 0.25) is 5.02 Å². The number of nitrogens with one attached hydrogen (secondary N) is 1. The first-order valence-corrected chi connectivity index (χ1v) is 17.9. The van der Waals surface area contributed by atoms with E-state index in [1.54, 1.807) is 54.3 Å². The maximum absolute atomic E-state index is 14.7. The van der Waals surface area contributed by atoms with E-state index in [2.05, 4.69) is 5.32 Å². The molecule has 0 aromatic heterocycles. The molecule has 1 fully saturated rings. The highest BCUT2D eigenvalue weighted by Crippen LogP contribution is 2.30. The molecule has 47 heavy (non-hydrogen) atoms. The summed E-state index contributed by atoms with van der Waals surface area (Å²) >= 11 is 6.39. The van der Waals surface area contributed by atoms with Gasteiger partial charge in [-0.2, -0.15) is 0 Å². The molecule has 0 heterocycles. The lowest BCUT2D eigenvalue weighted by Crippen LogP contribution is -2.54. The molecule has 0 bridgehead atoms. The van der Waals surface area contributed by atoms with Crippen molar-refractivity contribution < 1.29 is 18.0 Å². The van der Waals surface area contributed by atoms with E-state index in [0.717, 1.165) is 52.2 Å². The molecule has 0 radical (unpaired) electrons. The predicted molar refractivity (Wildman–Crippen MR) is 188 cm³/mol. The number of nitrogens with zero attached hydrogens (tertiary/aromatic N) is 2. The van der Waals surface area contributed by atoms with Crippen LogP contribution in [-0.4, -0.2) is 43.8 Å². The van der Waals surface area contributed by atoms with E-state index in [-0.39, 0.29) is 29.8 Å².